The van der Waals surface area contributed by atoms with Crippen molar-refractivity contribution in [3.63, 3.8) is 0 Å². The molecule has 0 bridgehead atoms. The molecule has 0 amide bonds. The summed E-state index contributed by atoms with van der Waals surface area (Å²) in [5.41, 5.74) is 2.69. The fourth-order valence-electron chi connectivity index (χ4n) is 3.21. The van der Waals surface area contributed by atoms with Crippen LogP contribution in [0.4, 0.5) is 0 Å². The van der Waals surface area contributed by atoms with Crippen molar-refractivity contribution in [1.82, 2.24) is 5.32 Å². The lowest BCUT2D eigenvalue weighted by Crippen LogP contribution is -2.43. The average Bonchev–Trinajstić information content (AvgIpc) is 3.15. The normalized spacial score (nSPS) is 30.7. The molecule has 1 aromatic carbocycles. The summed E-state index contributed by atoms with van der Waals surface area (Å²) < 4.78 is 6.33. The van der Waals surface area contributed by atoms with Gasteiger partial charge in [-0.15, -0.1) is 0 Å². The van der Waals surface area contributed by atoms with Crippen LogP contribution >= 0.6 is 0 Å². The quantitative estimate of drug-likeness (QED) is 0.878. The molecule has 2 nitrogen and oxygen atoms in total. The van der Waals surface area contributed by atoms with Gasteiger partial charge in [0.1, 0.15) is 11.4 Å². The average molecular weight is 245 g/mol. The number of hydrogen-bond acceptors (Lipinski definition) is 2. The van der Waals surface area contributed by atoms with Crippen LogP contribution in [-0.4, -0.2) is 12.1 Å². The number of hydrogen-bond donors (Lipinski definition) is 1. The molecule has 98 valence electrons. The van der Waals surface area contributed by atoms with Gasteiger partial charge in [-0.3, -0.25) is 0 Å². The molecule has 1 aromatic rings. The van der Waals surface area contributed by atoms with Crippen molar-refractivity contribution in [1.29, 1.82) is 0 Å². The van der Waals surface area contributed by atoms with E-state index in [0.29, 0.717) is 6.04 Å². The molecule has 2 atom stereocenters. The van der Waals surface area contributed by atoms with Gasteiger partial charge in [-0.1, -0.05) is 24.6 Å². The fourth-order valence-corrected chi connectivity index (χ4v) is 3.21. The van der Waals surface area contributed by atoms with Gasteiger partial charge in [-0.2, -0.15) is 0 Å². The SMILES string of the molecule is CCNC1CC(C)(C2CC2)Oc2ccc(C)cc21. The maximum absolute atomic E-state index is 6.33. The number of rotatable bonds is 3. The van der Waals surface area contributed by atoms with Crippen LogP contribution in [0.25, 0.3) is 0 Å². The first-order valence-electron chi connectivity index (χ1n) is 7.15. The Morgan fingerprint density at radius 2 is 2.17 bits per heavy atom. The number of ether oxygens (including phenoxy) is 1. The summed E-state index contributed by atoms with van der Waals surface area (Å²) in [6, 6.07) is 7.02. The molecule has 1 N–H and O–H groups in total. The molecular weight excluding hydrogens is 222 g/mol. The van der Waals surface area contributed by atoms with Crippen LogP contribution in [-0.2, 0) is 0 Å². The van der Waals surface area contributed by atoms with Gasteiger partial charge in [0.2, 0.25) is 0 Å². The number of fused-ring (bicyclic) bond motifs is 1. The maximum atomic E-state index is 6.33. The summed E-state index contributed by atoms with van der Waals surface area (Å²) in [6.45, 7) is 7.63. The minimum Gasteiger partial charge on any atom is -0.487 e. The second kappa shape index (κ2) is 4.27. The Morgan fingerprint density at radius 1 is 1.39 bits per heavy atom. The van der Waals surface area contributed by atoms with E-state index in [2.05, 4.69) is 44.3 Å². The molecular formula is C16H23NO. The molecule has 1 aliphatic heterocycles. The first-order chi connectivity index (χ1) is 8.62. The highest BCUT2D eigenvalue weighted by molar-refractivity contribution is 5.42. The van der Waals surface area contributed by atoms with Gasteiger partial charge in [-0.25, -0.2) is 0 Å². The lowest BCUT2D eigenvalue weighted by atomic mass is 9.84. The minimum atomic E-state index is 0.0368. The maximum Gasteiger partial charge on any atom is 0.124 e. The van der Waals surface area contributed by atoms with Crippen molar-refractivity contribution >= 4 is 0 Å². The van der Waals surface area contributed by atoms with E-state index in [0.717, 1.165) is 24.6 Å². The van der Waals surface area contributed by atoms with E-state index in [1.165, 1.54) is 24.0 Å². The van der Waals surface area contributed by atoms with E-state index in [1.807, 2.05) is 0 Å². The fraction of sp³-hybridized carbons (Fsp3) is 0.625. The predicted octanol–water partition coefficient (Wildman–Crippen LogP) is 3.60. The molecule has 0 aromatic heterocycles. The van der Waals surface area contributed by atoms with Crippen LogP contribution in [0, 0.1) is 12.8 Å². The van der Waals surface area contributed by atoms with E-state index in [1.54, 1.807) is 0 Å². The summed E-state index contributed by atoms with van der Waals surface area (Å²) >= 11 is 0. The molecule has 1 fully saturated rings. The highest BCUT2D eigenvalue weighted by Crippen LogP contribution is 2.50. The van der Waals surface area contributed by atoms with Crippen LogP contribution < -0.4 is 10.1 Å². The van der Waals surface area contributed by atoms with Gasteiger partial charge in [0.25, 0.3) is 0 Å². The molecule has 18 heavy (non-hydrogen) atoms. The monoisotopic (exact) mass is 245 g/mol. The first kappa shape index (κ1) is 12.0. The summed E-state index contributed by atoms with van der Waals surface area (Å²) in [6.07, 6.45) is 3.76. The van der Waals surface area contributed by atoms with Gasteiger partial charge >= 0.3 is 0 Å². The van der Waals surface area contributed by atoms with Crippen LogP contribution in [0.1, 0.15) is 50.3 Å². The predicted molar refractivity (Wildman–Crippen MR) is 74.0 cm³/mol. The van der Waals surface area contributed by atoms with E-state index < -0.39 is 0 Å². The standard InChI is InChI=1S/C16H23NO/c1-4-17-14-10-16(3,12-6-7-12)18-15-8-5-11(2)9-13(14)15/h5,8-9,12,14,17H,4,6-7,10H2,1-3H3. The van der Waals surface area contributed by atoms with Crippen LogP contribution in [0.2, 0.25) is 0 Å². The van der Waals surface area contributed by atoms with Crippen molar-refractivity contribution in [3.8, 4) is 5.75 Å². The molecule has 2 aliphatic rings. The summed E-state index contributed by atoms with van der Waals surface area (Å²) in [7, 11) is 0. The molecule has 2 unspecified atom stereocenters. The minimum absolute atomic E-state index is 0.0368. The zero-order valence-corrected chi connectivity index (χ0v) is 11.6. The van der Waals surface area contributed by atoms with Crippen molar-refractivity contribution in [2.24, 2.45) is 5.92 Å². The molecule has 0 spiro atoms. The van der Waals surface area contributed by atoms with Gasteiger partial charge in [0, 0.05) is 18.0 Å². The Labute approximate surface area is 110 Å². The summed E-state index contributed by atoms with van der Waals surface area (Å²) in [5, 5.41) is 3.63. The Balaban J connectivity index is 1.96. The van der Waals surface area contributed by atoms with Crippen molar-refractivity contribution in [2.75, 3.05) is 6.54 Å². The highest BCUT2D eigenvalue weighted by Gasteiger charge is 2.47. The first-order valence-corrected chi connectivity index (χ1v) is 7.15. The Hall–Kier alpha value is -1.02. The number of benzene rings is 1. The van der Waals surface area contributed by atoms with E-state index in [-0.39, 0.29) is 5.60 Å². The zero-order chi connectivity index (χ0) is 12.8. The van der Waals surface area contributed by atoms with E-state index in [4.69, 9.17) is 4.74 Å². The molecule has 0 saturated heterocycles. The van der Waals surface area contributed by atoms with Crippen molar-refractivity contribution in [2.45, 2.75) is 51.7 Å². The second-order valence-corrected chi connectivity index (χ2v) is 6.04. The third kappa shape index (κ3) is 2.03. The molecule has 1 heterocycles. The largest absolute Gasteiger partial charge is 0.487 e. The van der Waals surface area contributed by atoms with Gasteiger partial charge < -0.3 is 10.1 Å². The van der Waals surface area contributed by atoms with Gasteiger partial charge in [0.05, 0.1) is 0 Å². The Bertz CT molecular complexity index is 452. The molecule has 1 aliphatic carbocycles. The second-order valence-electron chi connectivity index (χ2n) is 6.04. The topological polar surface area (TPSA) is 21.3 Å². The molecule has 1 saturated carbocycles. The van der Waals surface area contributed by atoms with Gasteiger partial charge in [0.15, 0.2) is 0 Å². The molecule has 0 radical (unpaired) electrons. The summed E-state index contributed by atoms with van der Waals surface area (Å²) in [4.78, 5) is 0. The van der Waals surface area contributed by atoms with E-state index in [9.17, 15) is 0 Å². The van der Waals surface area contributed by atoms with Gasteiger partial charge in [-0.05, 0) is 45.2 Å². The molecule has 2 heteroatoms. The third-order valence-corrected chi connectivity index (χ3v) is 4.38. The zero-order valence-electron chi connectivity index (χ0n) is 11.6. The highest BCUT2D eigenvalue weighted by atomic mass is 16.5. The Morgan fingerprint density at radius 3 is 2.83 bits per heavy atom. The third-order valence-electron chi connectivity index (χ3n) is 4.38. The van der Waals surface area contributed by atoms with Crippen LogP contribution in [0.5, 0.6) is 5.75 Å². The van der Waals surface area contributed by atoms with Crippen molar-refractivity contribution in [3.05, 3.63) is 29.3 Å². The van der Waals surface area contributed by atoms with Crippen LogP contribution in [0.3, 0.4) is 0 Å². The smallest absolute Gasteiger partial charge is 0.124 e. The Kier molecular flexibility index (Phi) is 2.86. The summed E-state index contributed by atoms with van der Waals surface area (Å²) in [5.74, 6) is 1.85. The molecule has 3 rings (SSSR count). The lowest BCUT2D eigenvalue weighted by molar-refractivity contribution is 0.0271. The number of aryl methyl sites for hydroxylation is 1. The van der Waals surface area contributed by atoms with E-state index >= 15 is 0 Å². The van der Waals surface area contributed by atoms with Crippen LogP contribution in [0.15, 0.2) is 18.2 Å². The van der Waals surface area contributed by atoms with Crippen molar-refractivity contribution < 1.29 is 4.74 Å². The number of nitrogens with one attached hydrogen (secondary N) is 1. The lowest BCUT2D eigenvalue weighted by Gasteiger charge is -2.41.